The van der Waals surface area contributed by atoms with Crippen molar-refractivity contribution in [3.63, 3.8) is 0 Å². The minimum Gasteiger partial charge on any atom is -0.383 e. The summed E-state index contributed by atoms with van der Waals surface area (Å²) in [5, 5.41) is 2.83. The molecule has 0 saturated heterocycles. The number of urea groups is 1. The third-order valence-corrected chi connectivity index (χ3v) is 4.15. The van der Waals surface area contributed by atoms with Crippen molar-refractivity contribution in [3.05, 3.63) is 53.6 Å². The number of hydrogen-bond donors (Lipinski definition) is 1. The third kappa shape index (κ3) is 6.26. The first-order valence-electron chi connectivity index (χ1n) is 9.03. The molecule has 0 atom stereocenters. The molecule has 154 valence electrons. The average Bonchev–Trinajstić information content (AvgIpc) is 3.09. The molecular formula is C19H25F3N4O2. The Bertz CT molecular complexity index is 744. The number of rotatable bonds is 9. The Balaban J connectivity index is 2.09. The van der Waals surface area contributed by atoms with Gasteiger partial charge in [-0.15, -0.1) is 0 Å². The van der Waals surface area contributed by atoms with Crippen molar-refractivity contribution in [3.8, 4) is 0 Å². The van der Waals surface area contributed by atoms with Crippen molar-refractivity contribution in [2.45, 2.75) is 32.6 Å². The molecule has 2 aromatic rings. The van der Waals surface area contributed by atoms with Crippen LogP contribution in [0.25, 0.3) is 0 Å². The van der Waals surface area contributed by atoms with Crippen LogP contribution < -0.4 is 5.32 Å². The van der Waals surface area contributed by atoms with Gasteiger partial charge in [0.2, 0.25) is 0 Å². The van der Waals surface area contributed by atoms with Crippen molar-refractivity contribution in [1.29, 1.82) is 0 Å². The van der Waals surface area contributed by atoms with Gasteiger partial charge in [0.1, 0.15) is 5.82 Å². The Hall–Kier alpha value is -2.55. The van der Waals surface area contributed by atoms with E-state index in [-0.39, 0.29) is 12.6 Å². The van der Waals surface area contributed by atoms with Gasteiger partial charge in [-0.25, -0.2) is 9.78 Å². The van der Waals surface area contributed by atoms with Gasteiger partial charge in [-0.2, -0.15) is 13.2 Å². The number of carbonyl (C=O) groups excluding carboxylic acids is 1. The van der Waals surface area contributed by atoms with E-state index < -0.39 is 11.7 Å². The van der Waals surface area contributed by atoms with Crippen LogP contribution in [0.1, 0.15) is 30.3 Å². The number of carbonyl (C=O) groups is 1. The highest BCUT2D eigenvalue weighted by Gasteiger charge is 2.29. The Labute approximate surface area is 162 Å². The van der Waals surface area contributed by atoms with Gasteiger partial charge in [0.25, 0.3) is 0 Å². The predicted molar refractivity (Wildman–Crippen MR) is 98.7 cm³/mol. The largest absolute Gasteiger partial charge is 0.416 e. The van der Waals surface area contributed by atoms with Crippen LogP contribution in [0.3, 0.4) is 0 Å². The summed E-state index contributed by atoms with van der Waals surface area (Å²) >= 11 is 0. The van der Waals surface area contributed by atoms with E-state index in [1.165, 1.54) is 12.1 Å². The summed E-state index contributed by atoms with van der Waals surface area (Å²) in [5.41, 5.74) is 0.0339. The second-order valence-corrected chi connectivity index (χ2v) is 6.31. The summed E-state index contributed by atoms with van der Waals surface area (Å²) in [6.07, 6.45) is -0.178. The summed E-state index contributed by atoms with van der Waals surface area (Å²) in [4.78, 5) is 18.3. The van der Waals surface area contributed by atoms with E-state index in [4.69, 9.17) is 4.74 Å². The molecule has 1 heterocycles. The lowest BCUT2D eigenvalue weighted by atomic mass is 10.1. The normalized spacial score (nSPS) is 11.5. The van der Waals surface area contributed by atoms with Crippen LogP contribution in [0.5, 0.6) is 0 Å². The number of imidazole rings is 1. The Morgan fingerprint density at radius 1 is 1.29 bits per heavy atom. The van der Waals surface area contributed by atoms with Gasteiger partial charge in [-0.1, -0.05) is 19.1 Å². The number of amides is 2. The molecule has 1 aromatic carbocycles. The highest BCUT2D eigenvalue weighted by atomic mass is 19.4. The molecule has 0 spiro atoms. The van der Waals surface area contributed by atoms with Gasteiger partial charge in [0.15, 0.2) is 0 Å². The first kappa shape index (κ1) is 21.7. The molecule has 6 nitrogen and oxygen atoms in total. The van der Waals surface area contributed by atoms with Gasteiger partial charge in [0, 0.05) is 39.1 Å². The maximum Gasteiger partial charge on any atom is 0.416 e. The lowest BCUT2D eigenvalue weighted by molar-refractivity contribution is -0.137. The molecule has 0 unspecified atom stereocenters. The topological polar surface area (TPSA) is 59.4 Å². The van der Waals surface area contributed by atoms with Crippen LogP contribution >= 0.6 is 0 Å². The van der Waals surface area contributed by atoms with Crippen LogP contribution in [-0.2, 0) is 24.0 Å². The average molecular weight is 398 g/mol. The van der Waals surface area contributed by atoms with Gasteiger partial charge < -0.3 is 19.5 Å². The smallest absolute Gasteiger partial charge is 0.383 e. The van der Waals surface area contributed by atoms with Gasteiger partial charge >= 0.3 is 12.2 Å². The van der Waals surface area contributed by atoms with E-state index in [2.05, 4.69) is 10.3 Å². The van der Waals surface area contributed by atoms with Gasteiger partial charge in [-0.3, -0.25) is 0 Å². The predicted octanol–water partition coefficient (Wildman–Crippen LogP) is 3.52. The van der Waals surface area contributed by atoms with E-state index in [0.717, 1.165) is 18.6 Å². The van der Waals surface area contributed by atoms with Crippen molar-refractivity contribution < 1.29 is 22.7 Å². The maximum atomic E-state index is 12.7. The number of methoxy groups -OCH3 is 1. The number of hydrogen-bond acceptors (Lipinski definition) is 3. The SMILES string of the molecule is CCCNC(=O)N(CCOC)Cc1nccn1Cc1ccc(C(F)(F)F)cc1. The first-order valence-corrected chi connectivity index (χ1v) is 9.03. The fourth-order valence-corrected chi connectivity index (χ4v) is 2.60. The number of aromatic nitrogens is 2. The van der Waals surface area contributed by atoms with Crippen molar-refractivity contribution in [1.82, 2.24) is 19.8 Å². The van der Waals surface area contributed by atoms with Crippen molar-refractivity contribution >= 4 is 6.03 Å². The number of benzene rings is 1. The molecule has 0 radical (unpaired) electrons. The van der Waals surface area contributed by atoms with Crippen LogP contribution in [0.15, 0.2) is 36.7 Å². The number of ether oxygens (including phenoxy) is 1. The molecule has 28 heavy (non-hydrogen) atoms. The van der Waals surface area contributed by atoms with Crippen LogP contribution in [-0.4, -0.2) is 47.3 Å². The van der Waals surface area contributed by atoms with Gasteiger partial charge in [-0.05, 0) is 24.1 Å². The summed E-state index contributed by atoms with van der Waals surface area (Å²) in [7, 11) is 1.56. The summed E-state index contributed by atoms with van der Waals surface area (Å²) < 4.78 is 45.0. The molecule has 9 heteroatoms. The maximum absolute atomic E-state index is 12.7. The van der Waals surface area contributed by atoms with E-state index in [9.17, 15) is 18.0 Å². The fraction of sp³-hybridized carbons (Fsp3) is 0.474. The highest BCUT2D eigenvalue weighted by Crippen LogP contribution is 2.29. The van der Waals surface area contributed by atoms with E-state index in [1.807, 2.05) is 11.5 Å². The number of nitrogens with one attached hydrogen (secondary N) is 1. The second kappa shape index (κ2) is 10.1. The Morgan fingerprint density at radius 2 is 2.00 bits per heavy atom. The third-order valence-electron chi connectivity index (χ3n) is 4.15. The standard InChI is InChI=1S/C19H25F3N4O2/c1-3-8-24-18(27)26(11-12-28-2)14-17-23-9-10-25(17)13-15-4-6-16(7-5-15)19(20,21)22/h4-7,9-10H,3,8,11-14H2,1-2H3,(H,24,27). The molecule has 0 aliphatic rings. The van der Waals surface area contributed by atoms with E-state index >= 15 is 0 Å². The quantitative estimate of drug-likeness (QED) is 0.703. The Kier molecular flexibility index (Phi) is 7.86. The molecule has 0 aliphatic carbocycles. The minimum absolute atomic E-state index is 0.206. The summed E-state index contributed by atoms with van der Waals surface area (Å²) in [6.45, 7) is 3.96. The zero-order chi connectivity index (χ0) is 20.6. The summed E-state index contributed by atoms with van der Waals surface area (Å²) in [5.74, 6) is 0.641. The van der Waals surface area contributed by atoms with Crippen LogP contribution in [0.2, 0.25) is 0 Å². The minimum atomic E-state index is -4.35. The fourth-order valence-electron chi connectivity index (χ4n) is 2.60. The molecule has 1 N–H and O–H groups in total. The molecule has 0 fully saturated rings. The van der Waals surface area contributed by atoms with Crippen molar-refractivity contribution in [2.24, 2.45) is 0 Å². The first-order chi connectivity index (χ1) is 13.3. The number of nitrogens with zero attached hydrogens (tertiary/aromatic N) is 3. The van der Waals surface area contributed by atoms with Crippen LogP contribution in [0, 0.1) is 0 Å². The molecule has 0 bridgehead atoms. The highest BCUT2D eigenvalue weighted by molar-refractivity contribution is 5.74. The molecule has 2 amide bonds. The molecule has 0 aliphatic heterocycles. The Morgan fingerprint density at radius 3 is 2.61 bits per heavy atom. The molecule has 2 rings (SSSR count). The summed E-state index contributed by atoms with van der Waals surface area (Å²) in [6, 6.07) is 4.82. The van der Waals surface area contributed by atoms with E-state index in [1.54, 1.807) is 24.4 Å². The lowest BCUT2D eigenvalue weighted by Crippen LogP contribution is -2.42. The molecule has 0 saturated carbocycles. The molecular weight excluding hydrogens is 373 g/mol. The van der Waals surface area contributed by atoms with E-state index in [0.29, 0.717) is 37.6 Å². The zero-order valence-electron chi connectivity index (χ0n) is 16.0. The van der Waals surface area contributed by atoms with Crippen molar-refractivity contribution in [2.75, 3.05) is 26.8 Å². The molecule has 1 aromatic heterocycles. The number of alkyl halides is 3. The van der Waals surface area contributed by atoms with Gasteiger partial charge in [0.05, 0.1) is 18.7 Å². The second-order valence-electron chi connectivity index (χ2n) is 6.31. The van der Waals surface area contributed by atoms with Crippen LogP contribution in [0.4, 0.5) is 18.0 Å². The number of halogens is 3. The lowest BCUT2D eigenvalue weighted by Gasteiger charge is -2.23. The monoisotopic (exact) mass is 398 g/mol. The zero-order valence-corrected chi connectivity index (χ0v) is 16.0.